The summed E-state index contributed by atoms with van der Waals surface area (Å²) in [4.78, 5) is 17.9. The van der Waals surface area contributed by atoms with E-state index < -0.39 is 0 Å². The first-order chi connectivity index (χ1) is 8.27. The summed E-state index contributed by atoms with van der Waals surface area (Å²) in [5.41, 5.74) is 0.628. The van der Waals surface area contributed by atoms with E-state index in [2.05, 4.69) is 27.4 Å². The summed E-state index contributed by atoms with van der Waals surface area (Å²) in [5, 5.41) is 2.83. The second-order valence-electron chi connectivity index (χ2n) is 4.08. The monoisotopic (exact) mass is 235 g/mol. The van der Waals surface area contributed by atoms with E-state index in [1.807, 2.05) is 0 Å². The molecule has 0 fully saturated rings. The third-order valence-electron chi connectivity index (χ3n) is 2.81. The molecule has 1 aromatic heterocycles. The van der Waals surface area contributed by atoms with Crippen LogP contribution in [0.15, 0.2) is 23.0 Å². The Morgan fingerprint density at radius 3 is 3.12 bits per heavy atom. The lowest BCUT2D eigenvalue weighted by molar-refractivity contribution is 0.0920. The Balaban J connectivity index is 1.73. The van der Waals surface area contributed by atoms with Gasteiger partial charge in [0.15, 0.2) is 6.39 Å². The third kappa shape index (κ3) is 3.17. The van der Waals surface area contributed by atoms with Crippen LogP contribution in [0.3, 0.4) is 0 Å². The smallest absolute Gasteiger partial charge is 0.289 e. The number of carbonyl (C=O) groups excluding carboxylic acids is 1. The molecule has 0 saturated heterocycles. The van der Waals surface area contributed by atoms with Crippen LogP contribution in [0.5, 0.6) is 0 Å². The number of aryl methyl sites for hydroxylation is 1. The molecule has 0 aromatic carbocycles. The number of hydrogen-bond donors (Lipinski definition) is 1. The van der Waals surface area contributed by atoms with Crippen LogP contribution in [0.4, 0.5) is 0 Å². The van der Waals surface area contributed by atoms with E-state index in [-0.39, 0.29) is 5.91 Å². The van der Waals surface area contributed by atoms with Crippen LogP contribution in [0, 0.1) is 6.92 Å². The molecule has 17 heavy (non-hydrogen) atoms. The molecule has 2 heterocycles. The highest BCUT2D eigenvalue weighted by Crippen LogP contribution is 2.04. The number of rotatable bonds is 4. The van der Waals surface area contributed by atoms with E-state index >= 15 is 0 Å². The van der Waals surface area contributed by atoms with Gasteiger partial charge in [-0.05, 0) is 13.3 Å². The van der Waals surface area contributed by atoms with Gasteiger partial charge in [-0.15, -0.1) is 0 Å². The van der Waals surface area contributed by atoms with Crippen LogP contribution in [0.25, 0.3) is 0 Å². The van der Waals surface area contributed by atoms with Gasteiger partial charge in [-0.3, -0.25) is 9.69 Å². The zero-order valence-electron chi connectivity index (χ0n) is 9.98. The Morgan fingerprint density at radius 2 is 2.47 bits per heavy atom. The third-order valence-corrected chi connectivity index (χ3v) is 2.81. The Hall–Kier alpha value is -1.62. The van der Waals surface area contributed by atoms with Crippen LogP contribution in [-0.2, 0) is 0 Å². The molecule has 0 radical (unpaired) electrons. The molecule has 92 valence electrons. The molecule has 1 aliphatic rings. The largest absolute Gasteiger partial charge is 0.438 e. The highest BCUT2D eigenvalue weighted by atomic mass is 16.3. The van der Waals surface area contributed by atoms with Crippen LogP contribution < -0.4 is 5.32 Å². The molecule has 1 aliphatic heterocycles. The average Bonchev–Trinajstić information content (AvgIpc) is 2.77. The molecule has 5 nitrogen and oxygen atoms in total. The molecule has 0 unspecified atom stereocenters. The zero-order chi connectivity index (χ0) is 12.1. The van der Waals surface area contributed by atoms with Gasteiger partial charge >= 0.3 is 0 Å². The lowest BCUT2D eigenvalue weighted by atomic mass is 10.2. The van der Waals surface area contributed by atoms with Crippen molar-refractivity contribution >= 4 is 5.91 Å². The molecule has 1 amide bonds. The standard InChI is InChI=1S/C12H17N3O2/c1-10-11(17-9-14-10)12(16)13-5-8-15-6-3-2-4-7-15/h2-3,9H,4-8H2,1H3,(H,13,16). The maximum Gasteiger partial charge on any atom is 0.289 e. The van der Waals surface area contributed by atoms with Gasteiger partial charge in [0.1, 0.15) is 0 Å². The van der Waals surface area contributed by atoms with E-state index in [9.17, 15) is 4.79 Å². The molecule has 0 aliphatic carbocycles. The first-order valence-electron chi connectivity index (χ1n) is 5.83. The number of carbonyl (C=O) groups is 1. The van der Waals surface area contributed by atoms with E-state index in [0.29, 0.717) is 18.0 Å². The lowest BCUT2D eigenvalue weighted by Crippen LogP contribution is -2.36. The summed E-state index contributed by atoms with van der Waals surface area (Å²) in [7, 11) is 0. The predicted molar refractivity (Wildman–Crippen MR) is 63.8 cm³/mol. The summed E-state index contributed by atoms with van der Waals surface area (Å²) in [6, 6.07) is 0. The predicted octanol–water partition coefficient (Wildman–Crippen LogP) is 0.975. The second kappa shape index (κ2) is 5.63. The van der Waals surface area contributed by atoms with Gasteiger partial charge in [0.25, 0.3) is 5.91 Å². The molecule has 1 N–H and O–H groups in total. The van der Waals surface area contributed by atoms with Crippen molar-refractivity contribution in [2.45, 2.75) is 13.3 Å². The molecule has 0 bridgehead atoms. The minimum atomic E-state index is -0.187. The lowest BCUT2D eigenvalue weighted by Gasteiger charge is -2.22. The Kier molecular flexibility index (Phi) is 3.93. The summed E-state index contributed by atoms with van der Waals surface area (Å²) >= 11 is 0. The Labute approximate surface area is 101 Å². The average molecular weight is 235 g/mol. The normalized spacial score (nSPS) is 16.1. The fourth-order valence-corrected chi connectivity index (χ4v) is 1.82. The van der Waals surface area contributed by atoms with Gasteiger partial charge in [-0.25, -0.2) is 4.98 Å². The molecule has 0 saturated carbocycles. The molecular weight excluding hydrogens is 218 g/mol. The van der Waals surface area contributed by atoms with Crippen molar-refractivity contribution in [1.82, 2.24) is 15.2 Å². The van der Waals surface area contributed by atoms with Gasteiger partial charge in [0, 0.05) is 26.2 Å². The van der Waals surface area contributed by atoms with Crippen molar-refractivity contribution < 1.29 is 9.21 Å². The van der Waals surface area contributed by atoms with Gasteiger partial charge in [0.2, 0.25) is 5.76 Å². The number of aromatic nitrogens is 1. The van der Waals surface area contributed by atoms with E-state index in [4.69, 9.17) is 4.42 Å². The molecule has 1 aromatic rings. The zero-order valence-corrected chi connectivity index (χ0v) is 9.98. The van der Waals surface area contributed by atoms with Crippen molar-refractivity contribution in [2.75, 3.05) is 26.2 Å². The molecule has 2 rings (SSSR count). The quantitative estimate of drug-likeness (QED) is 0.790. The summed E-state index contributed by atoms with van der Waals surface area (Å²) in [6.07, 6.45) is 6.73. The van der Waals surface area contributed by atoms with Gasteiger partial charge in [0.05, 0.1) is 5.69 Å². The van der Waals surface area contributed by atoms with E-state index in [1.165, 1.54) is 6.39 Å². The second-order valence-corrected chi connectivity index (χ2v) is 4.08. The molecule has 0 spiro atoms. The van der Waals surface area contributed by atoms with Crippen molar-refractivity contribution in [3.8, 4) is 0 Å². The van der Waals surface area contributed by atoms with Gasteiger partial charge < -0.3 is 9.73 Å². The van der Waals surface area contributed by atoms with Crippen LogP contribution in [0.1, 0.15) is 22.7 Å². The van der Waals surface area contributed by atoms with Gasteiger partial charge in [-0.1, -0.05) is 12.2 Å². The maximum absolute atomic E-state index is 11.7. The number of nitrogens with zero attached hydrogens (tertiary/aromatic N) is 2. The number of oxazole rings is 1. The van der Waals surface area contributed by atoms with Crippen molar-refractivity contribution in [3.05, 3.63) is 30.0 Å². The molecule has 5 heteroatoms. The highest BCUT2D eigenvalue weighted by molar-refractivity contribution is 5.92. The first-order valence-corrected chi connectivity index (χ1v) is 5.83. The summed E-state index contributed by atoms with van der Waals surface area (Å²) in [5.74, 6) is 0.121. The van der Waals surface area contributed by atoms with Crippen molar-refractivity contribution in [3.63, 3.8) is 0 Å². The van der Waals surface area contributed by atoms with Crippen molar-refractivity contribution in [2.24, 2.45) is 0 Å². The highest BCUT2D eigenvalue weighted by Gasteiger charge is 2.13. The summed E-state index contributed by atoms with van der Waals surface area (Å²) in [6.45, 7) is 5.29. The fraction of sp³-hybridized carbons (Fsp3) is 0.500. The SMILES string of the molecule is Cc1ncoc1C(=O)NCCN1CC=CCC1. The van der Waals surface area contributed by atoms with Crippen LogP contribution in [0.2, 0.25) is 0 Å². The number of hydrogen-bond acceptors (Lipinski definition) is 4. The summed E-state index contributed by atoms with van der Waals surface area (Å²) < 4.78 is 5.02. The number of nitrogens with one attached hydrogen (secondary N) is 1. The van der Waals surface area contributed by atoms with E-state index in [0.717, 1.165) is 26.1 Å². The molecule has 0 atom stereocenters. The van der Waals surface area contributed by atoms with Crippen LogP contribution >= 0.6 is 0 Å². The fourth-order valence-electron chi connectivity index (χ4n) is 1.82. The molecular formula is C12H17N3O2. The minimum Gasteiger partial charge on any atom is -0.438 e. The van der Waals surface area contributed by atoms with Crippen molar-refractivity contribution in [1.29, 1.82) is 0 Å². The van der Waals surface area contributed by atoms with E-state index in [1.54, 1.807) is 6.92 Å². The minimum absolute atomic E-state index is 0.187. The first kappa shape index (κ1) is 11.9. The van der Waals surface area contributed by atoms with Crippen LogP contribution in [-0.4, -0.2) is 42.0 Å². The maximum atomic E-state index is 11.7. The number of amides is 1. The Bertz CT molecular complexity index is 412. The Morgan fingerprint density at radius 1 is 1.59 bits per heavy atom. The topological polar surface area (TPSA) is 58.4 Å². The van der Waals surface area contributed by atoms with Gasteiger partial charge in [-0.2, -0.15) is 0 Å².